The predicted octanol–water partition coefficient (Wildman–Crippen LogP) is 1.33. The summed E-state index contributed by atoms with van der Waals surface area (Å²) in [5, 5.41) is 22.6. The van der Waals surface area contributed by atoms with Gasteiger partial charge < -0.3 is 25.1 Å². The van der Waals surface area contributed by atoms with Crippen LogP contribution in [0.15, 0.2) is 53.0 Å². The number of primary sulfonamides is 1. The first-order chi connectivity index (χ1) is 19.6. The zero-order valence-electron chi connectivity index (χ0n) is 21.7. The molecular weight excluding hydrogens is 576 g/mol. The lowest BCUT2D eigenvalue weighted by atomic mass is 10.0. The van der Waals surface area contributed by atoms with Crippen molar-refractivity contribution >= 4 is 43.3 Å². The summed E-state index contributed by atoms with van der Waals surface area (Å²) in [5.74, 6) is -1.43. The summed E-state index contributed by atoms with van der Waals surface area (Å²) in [7, 11) is -3.90. The van der Waals surface area contributed by atoms with E-state index < -0.39 is 21.9 Å². The minimum atomic E-state index is -3.90. The monoisotopic (exact) mass is 604 g/mol. The van der Waals surface area contributed by atoms with Crippen LogP contribution in [-0.2, 0) is 44.1 Å². The molecule has 0 radical (unpaired) electrons. The second kappa shape index (κ2) is 13.6. The van der Waals surface area contributed by atoms with Gasteiger partial charge in [0.1, 0.15) is 37.0 Å². The molecule has 0 aliphatic rings. The molecule has 41 heavy (non-hydrogen) atoms. The Labute approximate surface area is 238 Å². The van der Waals surface area contributed by atoms with Gasteiger partial charge in [-0.05, 0) is 35.9 Å². The van der Waals surface area contributed by atoms with Crippen molar-refractivity contribution in [1.82, 2.24) is 20.0 Å². The summed E-state index contributed by atoms with van der Waals surface area (Å²) in [6.07, 6.45) is 1.28. The molecule has 0 fully saturated rings. The van der Waals surface area contributed by atoms with Crippen LogP contribution in [0.3, 0.4) is 0 Å². The first-order valence-corrected chi connectivity index (χ1v) is 14.7. The fraction of sp³-hybridized carbons (Fsp3) is 0.320. The van der Waals surface area contributed by atoms with E-state index in [0.29, 0.717) is 40.6 Å². The zero-order chi connectivity index (χ0) is 29.4. The van der Waals surface area contributed by atoms with E-state index in [1.54, 1.807) is 36.4 Å². The van der Waals surface area contributed by atoms with Crippen molar-refractivity contribution in [2.75, 3.05) is 19.8 Å². The Bertz CT molecular complexity index is 1620. The fourth-order valence-corrected chi connectivity index (χ4v) is 5.38. The molecule has 0 amide bonds. The maximum Gasteiger partial charge on any atom is 0.309 e. The Morgan fingerprint density at radius 2 is 1.90 bits per heavy atom. The second-order valence-corrected chi connectivity index (χ2v) is 11.7. The van der Waals surface area contributed by atoms with Crippen LogP contribution in [0.2, 0.25) is 0 Å². The van der Waals surface area contributed by atoms with E-state index in [2.05, 4.69) is 15.3 Å². The topological polar surface area (TPSA) is 212 Å². The van der Waals surface area contributed by atoms with Crippen LogP contribution >= 0.6 is 11.3 Å². The lowest BCUT2D eigenvalue weighted by Gasteiger charge is -2.13. The number of aliphatic carboxylic acids is 1. The van der Waals surface area contributed by atoms with Crippen LogP contribution in [0.25, 0.3) is 10.2 Å². The number of Topliss-reactive ketones (excluding diaryl/α,β-unsaturated/α-hetero) is 1. The highest BCUT2D eigenvalue weighted by molar-refractivity contribution is 7.91. The van der Waals surface area contributed by atoms with Gasteiger partial charge in [0.25, 0.3) is 10.0 Å². The number of hydrogen-bond donors (Lipinski definition) is 3. The number of fused-ring (bicyclic) bond motifs is 1. The van der Waals surface area contributed by atoms with Crippen molar-refractivity contribution in [3.63, 3.8) is 0 Å². The number of sulfonamides is 1. The molecule has 218 valence electrons. The highest BCUT2D eigenvalue weighted by Crippen LogP contribution is 2.28. The van der Waals surface area contributed by atoms with E-state index in [4.69, 9.17) is 25.1 Å². The SMILES string of the molecule is NCCOc1cccc(COCC(CC(=O)Cn2cc(COc3ccc4nc(S(N)(=O)=O)sc4c3)nn2)C(=O)O)c1. The number of ether oxygens (including phenoxy) is 3. The number of thiazole rings is 1. The van der Waals surface area contributed by atoms with Crippen molar-refractivity contribution < 1.29 is 37.3 Å². The third-order valence-corrected chi connectivity index (χ3v) is 7.93. The number of ketones is 1. The van der Waals surface area contributed by atoms with E-state index in [9.17, 15) is 23.1 Å². The first-order valence-electron chi connectivity index (χ1n) is 12.3. The third kappa shape index (κ3) is 8.76. The van der Waals surface area contributed by atoms with Crippen molar-refractivity contribution in [1.29, 1.82) is 0 Å². The van der Waals surface area contributed by atoms with Crippen molar-refractivity contribution in [2.24, 2.45) is 16.8 Å². The molecule has 0 aliphatic carbocycles. The zero-order valence-corrected chi connectivity index (χ0v) is 23.3. The molecule has 4 aromatic rings. The van der Waals surface area contributed by atoms with Gasteiger partial charge in [0.2, 0.25) is 4.34 Å². The van der Waals surface area contributed by atoms with Gasteiger partial charge in [-0.2, -0.15) is 0 Å². The number of hydrogen-bond acceptors (Lipinski definition) is 12. The summed E-state index contributed by atoms with van der Waals surface area (Å²) < 4.78 is 41.5. The number of nitrogens with two attached hydrogens (primary N) is 2. The average molecular weight is 605 g/mol. The number of carboxylic acid groups (broad SMARTS) is 1. The molecule has 1 unspecified atom stereocenters. The summed E-state index contributed by atoms with van der Waals surface area (Å²) >= 11 is 0.931. The molecule has 0 bridgehead atoms. The number of nitrogens with zero attached hydrogens (tertiary/aromatic N) is 4. The van der Waals surface area contributed by atoms with E-state index in [1.807, 2.05) is 6.07 Å². The van der Waals surface area contributed by atoms with Gasteiger partial charge in [-0.1, -0.05) is 17.3 Å². The molecule has 5 N–H and O–H groups in total. The Morgan fingerprint density at radius 3 is 2.66 bits per heavy atom. The van der Waals surface area contributed by atoms with Gasteiger partial charge in [0.05, 0.1) is 35.5 Å². The van der Waals surface area contributed by atoms with Crippen LogP contribution in [0.5, 0.6) is 11.5 Å². The smallest absolute Gasteiger partial charge is 0.309 e. The van der Waals surface area contributed by atoms with Gasteiger partial charge in [-0.15, -0.1) is 16.4 Å². The molecule has 1 atom stereocenters. The minimum Gasteiger partial charge on any atom is -0.492 e. The second-order valence-electron chi connectivity index (χ2n) is 8.93. The van der Waals surface area contributed by atoms with Crippen LogP contribution in [0.1, 0.15) is 17.7 Å². The van der Waals surface area contributed by atoms with E-state index in [-0.39, 0.29) is 42.9 Å². The van der Waals surface area contributed by atoms with Crippen LogP contribution in [-0.4, -0.2) is 65.0 Å². The van der Waals surface area contributed by atoms with Crippen molar-refractivity contribution in [3.05, 3.63) is 59.9 Å². The summed E-state index contributed by atoms with van der Waals surface area (Å²) in [6, 6.07) is 12.1. The Balaban J connectivity index is 1.25. The molecule has 0 saturated carbocycles. The number of aromatic nitrogens is 4. The summed E-state index contributed by atoms with van der Waals surface area (Å²) in [5.41, 5.74) is 7.15. The number of benzene rings is 2. The quantitative estimate of drug-likeness (QED) is 0.165. The van der Waals surface area contributed by atoms with Crippen molar-refractivity contribution in [3.8, 4) is 11.5 Å². The molecule has 0 spiro atoms. The van der Waals surface area contributed by atoms with Gasteiger partial charge in [0, 0.05) is 13.0 Å². The molecule has 2 aromatic heterocycles. The number of carbonyl (C=O) groups is 2. The molecule has 0 saturated heterocycles. The van der Waals surface area contributed by atoms with Crippen molar-refractivity contribution in [2.45, 2.75) is 30.5 Å². The van der Waals surface area contributed by atoms with E-state index in [0.717, 1.165) is 16.9 Å². The number of rotatable bonds is 16. The fourth-order valence-electron chi connectivity index (χ4n) is 3.69. The lowest BCUT2D eigenvalue weighted by Crippen LogP contribution is -2.25. The molecule has 2 aromatic carbocycles. The van der Waals surface area contributed by atoms with Gasteiger partial charge in [-0.25, -0.2) is 23.2 Å². The van der Waals surface area contributed by atoms with E-state index in [1.165, 1.54) is 10.9 Å². The molecule has 14 nitrogen and oxygen atoms in total. The highest BCUT2D eigenvalue weighted by atomic mass is 32.2. The normalized spacial score (nSPS) is 12.3. The summed E-state index contributed by atoms with van der Waals surface area (Å²) in [4.78, 5) is 28.3. The Hall–Kier alpha value is -3.96. The third-order valence-electron chi connectivity index (χ3n) is 5.59. The molecule has 4 rings (SSSR count). The number of carbonyl (C=O) groups excluding carboxylic acids is 1. The molecular formula is C25H28N6O8S2. The molecule has 2 heterocycles. The van der Waals surface area contributed by atoms with Gasteiger partial charge >= 0.3 is 5.97 Å². The Morgan fingerprint density at radius 1 is 1.10 bits per heavy atom. The van der Waals surface area contributed by atoms with Crippen LogP contribution < -0.4 is 20.3 Å². The van der Waals surface area contributed by atoms with Gasteiger partial charge in [0.15, 0.2) is 5.78 Å². The largest absolute Gasteiger partial charge is 0.492 e. The average Bonchev–Trinajstić information content (AvgIpc) is 3.57. The number of carboxylic acids is 1. The van der Waals surface area contributed by atoms with E-state index >= 15 is 0 Å². The highest BCUT2D eigenvalue weighted by Gasteiger charge is 2.22. The minimum absolute atomic E-state index is 0.0323. The van der Waals surface area contributed by atoms with Crippen LogP contribution in [0.4, 0.5) is 0 Å². The van der Waals surface area contributed by atoms with Crippen LogP contribution in [0, 0.1) is 5.92 Å². The first kappa shape index (κ1) is 30.0. The standard InChI is InChI=1S/C25H28N6O8S2/c26-6-7-38-20-3-1-2-16(8-20)13-37-14-17(24(33)34)9-19(32)12-31-11-18(29-30-31)15-39-21-4-5-22-23(10-21)40-25(28-22)41(27,35)36/h1-5,8,10-11,17H,6-7,9,12-15,26H2,(H,33,34)(H2,27,35,36). The predicted molar refractivity (Wildman–Crippen MR) is 147 cm³/mol. The molecule has 16 heteroatoms. The van der Waals surface area contributed by atoms with Gasteiger partial charge in [-0.3, -0.25) is 9.59 Å². The maximum atomic E-state index is 12.6. The Kier molecular flexibility index (Phi) is 9.95. The molecule has 0 aliphatic heterocycles. The lowest BCUT2D eigenvalue weighted by molar-refractivity contribution is -0.146. The maximum absolute atomic E-state index is 12.6. The summed E-state index contributed by atoms with van der Waals surface area (Å²) in [6.45, 7) is 0.646.